The smallest absolute Gasteiger partial charge is 0.118 e. The Morgan fingerprint density at radius 3 is 2.14 bits per heavy atom. The van der Waals surface area contributed by atoms with E-state index in [1.807, 2.05) is 30.3 Å². The third kappa shape index (κ3) is 4.06. The van der Waals surface area contributed by atoms with Crippen LogP contribution in [0.15, 0.2) is 54.6 Å². The van der Waals surface area contributed by atoms with Crippen molar-refractivity contribution in [3.05, 3.63) is 65.7 Å². The van der Waals surface area contributed by atoms with Gasteiger partial charge in [-0.05, 0) is 29.7 Å². The molecule has 0 radical (unpaired) electrons. The molecular weight excluding hydrogens is 262 g/mol. The van der Waals surface area contributed by atoms with Crippen LogP contribution >= 0.6 is 0 Å². The van der Waals surface area contributed by atoms with E-state index in [0.717, 1.165) is 17.7 Å². The maximum atomic E-state index is 9.47. The first-order chi connectivity index (χ1) is 10.3. The van der Waals surface area contributed by atoms with Gasteiger partial charge in [-0.15, -0.1) is 0 Å². The van der Waals surface area contributed by atoms with Crippen molar-refractivity contribution in [3.63, 3.8) is 0 Å². The fraction of sp³-hybridized carbons (Fsp3) is 0.333. The van der Waals surface area contributed by atoms with Crippen LogP contribution in [-0.2, 0) is 0 Å². The number of nitrogens with one attached hydrogen (secondary N) is 1. The number of methoxy groups -OCH3 is 1. The molecule has 0 saturated carbocycles. The Morgan fingerprint density at radius 2 is 1.62 bits per heavy atom. The zero-order valence-electron chi connectivity index (χ0n) is 12.6. The number of aliphatic hydroxyl groups excluding tert-OH is 1. The largest absolute Gasteiger partial charge is 0.497 e. The summed E-state index contributed by atoms with van der Waals surface area (Å²) >= 11 is 0. The van der Waals surface area contributed by atoms with Gasteiger partial charge in [-0.25, -0.2) is 0 Å². The minimum Gasteiger partial charge on any atom is -0.497 e. The Hall–Kier alpha value is -1.84. The molecule has 2 atom stereocenters. The van der Waals surface area contributed by atoms with Gasteiger partial charge in [0.1, 0.15) is 5.75 Å². The van der Waals surface area contributed by atoms with Crippen LogP contribution in [0.1, 0.15) is 30.5 Å². The molecule has 0 aromatic heterocycles. The van der Waals surface area contributed by atoms with Crippen LogP contribution < -0.4 is 10.1 Å². The minimum atomic E-state index is 0.0641. The highest BCUT2D eigenvalue weighted by atomic mass is 16.5. The molecule has 0 aliphatic carbocycles. The molecule has 0 aliphatic heterocycles. The molecule has 0 fully saturated rings. The molecule has 2 unspecified atom stereocenters. The Morgan fingerprint density at radius 1 is 1.00 bits per heavy atom. The number of rotatable bonds is 7. The van der Waals surface area contributed by atoms with Crippen molar-refractivity contribution in [2.24, 2.45) is 0 Å². The van der Waals surface area contributed by atoms with Crippen LogP contribution in [0.5, 0.6) is 5.75 Å². The van der Waals surface area contributed by atoms with Gasteiger partial charge in [0, 0.05) is 6.04 Å². The molecule has 0 amide bonds. The second-order valence-electron chi connectivity index (χ2n) is 5.07. The van der Waals surface area contributed by atoms with Crippen LogP contribution in [0.3, 0.4) is 0 Å². The first-order valence-corrected chi connectivity index (χ1v) is 7.34. The normalized spacial score (nSPS) is 13.7. The SMILES string of the molecule is CCC(CO)NC(c1ccccc1)c1ccc(OC)cc1. The van der Waals surface area contributed by atoms with Crippen LogP contribution in [0, 0.1) is 0 Å². The maximum Gasteiger partial charge on any atom is 0.118 e. The summed E-state index contributed by atoms with van der Waals surface area (Å²) in [6.07, 6.45) is 0.885. The third-order valence-corrected chi connectivity index (χ3v) is 3.70. The van der Waals surface area contributed by atoms with Gasteiger partial charge < -0.3 is 15.2 Å². The fourth-order valence-corrected chi connectivity index (χ4v) is 2.36. The van der Waals surface area contributed by atoms with Gasteiger partial charge >= 0.3 is 0 Å². The summed E-state index contributed by atoms with van der Waals surface area (Å²) in [7, 11) is 1.67. The van der Waals surface area contributed by atoms with Crippen LogP contribution in [0.4, 0.5) is 0 Å². The Labute approximate surface area is 126 Å². The summed E-state index contributed by atoms with van der Waals surface area (Å²) in [5.41, 5.74) is 2.35. The molecule has 2 rings (SSSR count). The van der Waals surface area contributed by atoms with Gasteiger partial charge in [-0.3, -0.25) is 0 Å². The number of benzene rings is 2. The lowest BCUT2D eigenvalue weighted by molar-refractivity contribution is 0.232. The highest BCUT2D eigenvalue weighted by molar-refractivity contribution is 5.35. The standard InChI is InChI=1S/C18H23NO2/c1-3-16(13-20)19-18(14-7-5-4-6-8-14)15-9-11-17(21-2)12-10-15/h4-12,16,18-20H,3,13H2,1-2H3. The molecule has 2 N–H and O–H groups in total. The van der Waals surface area contributed by atoms with E-state index in [2.05, 4.69) is 36.5 Å². The van der Waals surface area contributed by atoms with Gasteiger partial charge in [-0.2, -0.15) is 0 Å². The second kappa shape index (κ2) is 7.81. The fourth-order valence-electron chi connectivity index (χ4n) is 2.36. The summed E-state index contributed by atoms with van der Waals surface area (Å²) in [5, 5.41) is 13.0. The van der Waals surface area contributed by atoms with Gasteiger partial charge in [0.25, 0.3) is 0 Å². The lowest BCUT2D eigenvalue weighted by atomic mass is 9.97. The number of ether oxygens (including phenoxy) is 1. The maximum absolute atomic E-state index is 9.47. The molecule has 0 saturated heterocycles. The molecule has 2 aromatic rings. The van der Waals surface area contributed by atoms with Crippen molar-refractivity contribution < 1.29 is 9.84 Å². The molecule has 3 heteroatoms. The molecule has 21 heavy (non-hydrogen) atoms. The molecule has 0 aliphatic rings. The third-order valence-electron chi connectivity index (χ3n) is 3.70. The Balaban J connectivity index is 2.30. The van der Waals surface area contributed by atoms with Crippen molar-refractivity contribution in [2.75, 3.05) is 13.7 Å². The average molecular weight is 285 g/mol. The monoisotopic (exact) mass is 285 g/mol. The zero-order valence-corrected chi connectivity index (χ0v) is 12.6. The predicted molar refractivity (Wildman–Crippen MR) is 85.6 cm³/mol. The highest BCUT2D eigenvalue weighted by Crippen LogP contribution is 2.24. The second-order valence-corrected chi connectivity index (χ2v) is 5.07. The molecular formula is C18H23NO2. The number of aliphatic hydroxyl groups is 1. The van der Waals surface area contributed by atoms with Crippen molar-refractivity contribution in [1.82, 2.24) is 5.32 Å². The van der Waals surface area contributed by atoms with Crippen LogP contribution in [0.2, 0.25) is 0 Å². The zero-order chi connectivity index (χ0) is 15.1. The van der Waals surface area contributed by atoms with Gasteiger partial charge in [0.2, 0.25) is 0 Å². The van der Waals surface area contributed by atoms with E-state index >= 15 is 0 Å². The molecule has 0 spiro atoms. The molecule has 3 nitrogen and oxygen atoms in total. The van der Waals surface area contributed by atoms with Crippen LogP contribution in [-0.4, -0.2) is 24.9 Å². The number of hydrogen-bond donors (Lipinski definition) is 2. The predicted octanol–water partition coefficient (Wildman–Crippen LogP) is 3.15. The van der Waals surface area contributed by atoms with Gasteiger partial charge in [-0.1, -0.05) is 49.4 Å². The summed E-state index contributed by atoms with van der Waals surface area (Å²) < 4.78 is 5.22. The first-order valence-electron chi connectivity index (χ1n) is 7.34. The summed E-state index contributed by atoms with van der Waals surface area (Å²) in [6, 6.07) is 18.5. The van der Waals surface area contributed by atoms with E-state index < -0.39 is 0 Å². The quantitative estimate of drug-likeness (QED) is 0.821. The van der Waals surface area contributed by atoms with E-state index in [1.165, 1.54) is 5.56 Å². The minimum absolute atomic E-state index is 0.0641. The summed E-state index contributed by atoms with van der Waals surface area (Å²) in [5.74, 6) is 0.847. The summed E-state index contributed by atoms with van der Waals surface area (Å²) in [4.78, 5) is 0. The first kappa shape index (κ1) is 15.5. The van der Waals surface area contributed by atoms with E-state index in [0.29, 0.717) is 0 Å². The van der Waals surface area contributed by atoms with Gasteiger partial charge in [0.15, 0.2) is 0 Å². The van der Waals surface area contributed by atoms with Crippen molar-refractivity contribution in [1.29, 1.82) is 0 Å². The molecule has 0 heterocycles. The van der Waals surface area contributed by atoms with E-state index in [4.69, 9.17) is 4.74 Å². The van der Waals surface area contributed by atoms with E-state index in [9.17, 15) is 5.11 Å². The average Bonchev–Trinajstić information content (AvgIpc) is 2.57. The van der Waals surface area contributed by atoms with E-state index in [1.54, 1.807) is 7.11 Å². The summed E-state index contributed by atoms with van der Waals surface area (Å²) in [6.45, 7) is 2.21. The number of hydrogen-bond acceptors (Lipinski definition) is 3. The van der Waals surface area contributed by atoms with Crippen molar-refractivity contribution in [3.8, 4) is 5.75 Å². The Bertz CT molecular complexity index is 521. The van der Waals surface area contributed by atoms with Gasteiger partial charge in [0.05, 0.1) is 19.8 Å². The molecule has 0 bridgehead atoms. The Kier molecular flexibility index (Phi) is 5.78. The lowest BCUT2D eigenvalue weighted by Gasteiger charge is -2.25. The van der Waals surface area contributed by atoms with Crippen LogP contribution in [0.25, 0.3) is 0 Å². The molecule has 2 aromatic carbocycles. The van der Waals surface area contributed by atoms with Crippen molar-refractivity contribution >= 4 is 0 Å². The van der Waals surface area contributed by atoms with Crippen molar-refractivity contribution in [2.45, 2.75) is 25.4 Å². The lowest BCUT2D eigenvalue weighted by Crippen LogP contribution is -2.35. The molecule has 112 valence electrons. The topological polar surface area (TPSA) is 41.5 Å². The van der Waals surface area contributed by atoms with E-state index in [-0.39, 0.29) is 18.7 Å². The highest BCUT2D eigenvalue weighted by Gasteiger charge is 2.17.